The molecule has 0 aliphatic heterocycles. The van der Waals surface area contributed by atoms with Gasteiger partial charge in [0.25, 0.3) is 0 Å². The molecule has 0 saturated heterocycles. The molecule has 6 aromatic carbocycles. The summed E-state index contributed by atoms with van der Waals surface area (Å²) >= 11 is 1.83. The van der Waals surface area contributed by atoms with E-state index in [2.05, 4.69) is 97.1 Å². The average molecular weight is 528 g/mol. The van der Waals surface area contributed by atoms with Gasteiger partial charge in [0.15, 0.2) is 0 Å². The number of rotatable bonds is 3. The van der Waals surface area contributed by atoms with Gasteiger partial charge in [-0.15, -0.1) is 11.3 Å². The van der Waals surface area contributed by atoms with Crippen LogP contribution in [0.4, 0.5) is 0 Å². The largest absolute Gasteiger partial charge is 0.456 e. The first kappa shape index (κ1) is 22.8. The highest BCUT2D eigenvalue weighted by atomic mass is 32.1. The lowest BCUT2D eigenvalue weighted by molar-refractivity contribution is 0.669. The summed E-state index contributed by atoms with van der Waals surface area (Å²) < 4.78 is 8.76. The van der Waals surface area contributed by atoms with Gasteiger partial charge in [-0.25, -0.2) is 0 Å². The molecule has 2 nitrogen and oxygen atoms in total. The predicted molar refractivity (Wildman–Crippen MR) is 168 cm³/mol. The van der Waals surface area contributed by atoms with Crippen LogP contribution in [0.1, 0.15) is 5.56 Å². The maximum absolute atomic E-state index is 9.62. The van der Waals surface area contributed by atoms with Crippen LogP contribution in [0.3, 0.4) is 0 Å². The second-order valence-electron chi connectivity index (χ2n) is 10.1. The highest BCUT2D eigenvalue weighted by Gasteiger charge is 2.14. The van der Waals surface area contributed by atoms with E-state index in [9.17, 15) is 5.26 Å². The lowest BCUT2D eigenvalue weighted by Crippen LogP contribution is -1.89. The van der Waals surface area contributed by atoms with Crippen LogP contribution in [0, 0.1) is 11.3 Å². The minimum Gasteiger partial charge on any atom is -0.456 e. The maximum atomic E-state index is 9.62. The number of hydrogen-bond acceptors (Lipinski definition) is 3. The first-order valence-electron chi connectivity index (χ1n) is 13.2. The van der Waals surface area contributed by atoms with Crippen molar-refractivity contribution in [3.8, 4) is 39.4 Å². The molecule has 0 saturated carbocycles. The summed E-state index contributed by atoms with van der Waals surface area (Å²) in [6.07, 6.45) is 0. The van der Waals surface area contributed by atoms with Gasteiger partial charge in [0, 0.05) is 30.9 Å². The fraction of sp³-hybridized carbons (Fsp3) is 0. The summed E-state index contributed by atoms with van der Waals surface area (Å²) in [5.74, 6) is 0. The molecule has 3 heteroatoms. The molecule has 0 amide bonds. The van der Waals surface area contributed by atoms with Crippen LogP contribution in [0.15, 0.2) is 132 Å². The molecule has 8 rings (SSSR count). The quantitative estimate of drug-likeness (QED) is 0.229. The minimum absolute atomic E-state index is 0.650. The van der Waals surface area contributed by atoms with Gasteiger partial charge < -0.3 is 4.42 Å². The molecule has 0 aliphatic carbocycles. The zero-order valence-corrected chi connectivity index (χ0v) is 22.2. The van der Waals surface area contributed by atoms with E-state index in [4.69, 9.17) is 4.42 Å². The van der Waals surface area contributed by atoms with Crippen LogP contribution in [-0.2, 0) is 0 Å². The summed E-state index contributed by atoms with van der Waals surface area (Å²) in [6.45, 7) is 0. The fourth-order valence-electron chi connectivity index (χ4n) is 5.77. The standard InChI is InChI=1S/C37H21NOS/c38-22-23-6-5-7-26(18-23)33-19-24(25-13-16-30-29-8-1-3-10-34(29)39-35(30)20-25)12-15-28(33)27-14-17-32-31-9-2-4-11-36(31)40-37(32)21-27/h1-21H. The zero-order chi connectivity index (χ0) is 26.6. The van der Waals surface area contributed by atoms with E-state index in [0.29, 0.717) is 5.56 Å². The number of benzene rings is 6. The number of nitrogens with zero attached hydrogens (tertiary/aromatic N) is 1. The second kappa shape index (κ2) is 8.95. The Morgan fingerprint density at radius 1 is 0.475 bits per heavy atom. The average Bonchev–Trinajstić information content (AvgIpc) is 3.58. The van der Waals surface area contributed by atoms with Gasteiger partial charge >= 0.3 is 0 Å². The van der Waals surface area contributed by atoms with Crippen molar-refractivity contribution in [3.63, 3.8) is 0 Å². The third-order valence-electron chi connectivity index (χ3n) is 7.72. The molecule has 2 heterocycles. The topological polar surface area (TPSA) is 36.9 Å². The second-order valence-corrected chi connectivity index (χ2v) is 11.2. The first-order chi connectivity index (χ1) is 19.7. The van der Waals surface area contributed by atoms with Crippen molar-refractivity contribution in [1.82, 2.24) is 0 Å². The SMILES string of the molecule is N#Cc1cccc(-c2cc(-c3ccc4c(c3)oc3ccccc34)ccc2-c2ccc3c(c2)sc2ccccc23)c1. The highest BCUT2D eigenvalue weighted by molar-refractivity contribution is 7.25. The van der Waals surface area contributed by atoms with Gasteiger partial charge in [0.2, 0.25) is 0 Å². The Morgan fingerprint density at radius 3 is 2.10 bits per heavy atom. The molecule has 0 unspecified atom stereocenters. The van der Waals surface area contributed by atoms with Crippen molar-refractivity contribution in [1.29, 1.82) is 5.26 Å². The Kier molecular flexibility index (Phi) is 5.10. The van der Waals surface area contributed by atoms with Gasteiger partial charge in [0.1, 0.15) is 11.2 Å². The van der Waals surface area contributed by atoms with E-state index in [-0.39, 0.29) is 0 Å². The number of nitriles is 1. The number of para-hydroxylation sites is 1. The van der Waals surface area contributed by atoms with Crippen molar-refractivity contribution < 1.29 is 4.42 Å². The molecule has 2 aromatic heterocycles. The molecule has 0 fully saturated rings. The maximum Gasteiger partial charge on any atom is 0.136 e. The summed E-state index contributed by atoms with van der Waals surface area (Å²) in [5.41, 5.74) is 9.05. The van der Waals surface area contributed by atoms with Crippen molar-refractivity contribution in [3.05, 3.63) is 133 Å². The van der Waals surface area contributed by atoms with Crippen LogP contribution in [0.25, 0.3) is 75.5 Å². The molecule has 0 bridgehead atoms. The summed E-state index contributed by atoms with van der Waals surface area (Å²) in [7, 11) is 0. The monoisotopic (exact) mass is 527 g/mol. The van der Waals surface area contributed by atoms with Gasteiger partial charge in [-0.2, -0.15) is 5.26 Å². The smallest absolute Gasteiger partial charge is 0.136 e. The Balaban J connectivity index is 1.32. The highest BCUT2D eigenvalue weighted by Crippen LogP contribution is 2.41. The fourth-order valence-corrected chi connectivity index (χ4v) is 6.91. The number of hydrogen-bond donors (Lipinski definition) is 0. The Hall–Kier alpha value is -5.17. The van der Waals surface area contributed by atoms with E-state index in [1.807, 2.05) is 47.7 Å². The zero-order valence-electron chi connectivity index (χ0n) is 21.4. The Labute approximate surface area is 235 Å². The van der Waals surface area contributed by atoms with Gasteiger partial charge in [0.05, 0.1) is 11.6 Å². The number of furan rings is 1. The molecule has 40 heavy (non-hydrogen) atoms. The molecular formula is C37H21NOS. The summed E-state index contributed by atoms with van der Waals surface area (Å²) in [6, 6.07) is 46.7. The summed E-state index contributed by atoms with van der Waals surface area (Å²) in [5, 5.41) is 14.5. The normalized spacial score (nSPS) is 11.5. The van der Waals surface area contributed by atoms with Crippen LogP contribution >= 0.6 is 11.3 Å². The molecule has 0 spiro atoms. The van der Waals surface area contributed by atoms with Gasteiger partial charge in [-0.3, -0.25) is 0 Å². The predicted octanol–water partition coefficient (Wildman–Crippen LogP) is 10.8. The van der Waals surface area contributed by atoms with Crippen LogP contribution < -0.4 is 0 Å². The molecule has 0 radical (unpaired) electrons. The third kappa shape index (κ3) is 3.62. The van der Waals surface area contributed by atoms with Crippen LogP contribution in [0.5, 0.6) is 0 Å². The number of thiophene rings is 1. The van der Waals surface area contributed by atoms with Gasteiger partial charge in [-0.05, 0) is 81.9 Å². The van der Waals surface area contributed by atoms with Crippen molar-refractivity contribution in [2.75, 3.05) is 0 Å². The van der Waals surface area contributed by atoms with E-state index in [0.717, 1.165) is 55.3 Å². The third-order valence-corrected chi connectivity index (χ3v) is 8.86. The molecule has 0 aliphatic rings. The van der Waals surface area contributed by atoms with E-state index < -0.39 is 0 Å². The number of fused-ring (bicyclic) bond motifs is 6. The van der Waals surface area contributed by atoms with Crippen molar-refractivity contribution in [2.45, 2.75) is 0 Å². The minimum atomic E-state index is 0.650. The Morgan fingerprint density at radius 2 is 1.18 bits per heavy atom. The molecule has 8 aromatic rings. The lowest BCUT2D eigenvalue weighted by atomic mass is 9.90. The van der Waals surface area contributed by atoms with E-state index in [1.165, 1.54) is 20.2 Å². The van der Waals surface area contributed by atoms with E-state index in [1.54, 1.807) is 0 Å². The molecule has 186 valence electrons. The molecular weight excluding hydrogens is 506 g/mol. The van der Waals surface area contributed by atoms with Crippen molar-refractivity contribution in [2.24, 2.45) is 0 Å². The van der Waals surface area contributed by atoms with Crippen molar-refractivity contribution >= 4 is 53.4 Å². The molecule has 0 N–H and O–H groups in total. The van der Waals surface area contributed by atoms with E-state index >= 15 is 0 Å². The molecule has 0 atom stereocenters. The first-order valence-corrected chi connectivity index (χ1v) is 14.0. The lowest BCUT2D eigenvalue weighted by Gasteiger charge is -2.14. The van der Waals surface area contributed by atoms with Crippen LogP contribution in [0.2, 0.25) is 0 Å². The summed E-state index contributed by atoms with van der Waals surface area (Å²) in [4.78, 5) is 0. The van der Waals surface area contributed by atoms with Crippen LogP contribution in [-0.4, -0.2) is 0 Å². The van der Waals surface area contributed by atoms with Gasteiger partial charge in [-0.1, -0.05) is 78.9 Å². The Bertz CT molecular complexity index is 2300.